The molecule has 4 aromatic rings. The van der Waals surface area contributed by atoms with E-state index >= 15 is 0 Å². The van der Waals surface area contributed by atoms with E-state index in [9.17, 15) is 13.2 Å². The van der Waals surface area contributed by atoms with Crippen molar-refractivity contribution in [2.75, 3.05) is 33.0 Å². The van der Waals surface area contributed by atoms with Gasteiger partial charge in [0, 0.05) is 32.7 Å². The largest absolute Gasteiger partial charge is 0.454 e. The number of tetrazole rings is 1. The number of hydrogen-bond donors (Lipinski definition) is 0. The Morgan fingerprint density at radius 3 is 2.35 bits per heavy atom. The molecule has 208 valence electrons. The number of alkyl halides is 3. The van der Waals surface area contributed by atoms with Crippen LogP contribution in [0.3, 0.4) is 0 Å². The number of nitrogens with zero attached hydrogens (tertiary/aromatic N) is 6. The number of benzene rings is 3. The maximum Gasteiger partial charge on any atom is 0.416 e. The van der Waals surface area contributed by atoms with E-state index in [2.05, 4.69) is 25.3 Å². The number of aromatic nitrogens is 4. The average Bonchev–Trinajstić information content (AvgIpc) is 3.59. The molecule has 6 rings (SSSR count). The summed E-state index contributed by atoms with van der Waals surface area (Å²) in [7, 11) is 0. The molecule has 3 aromatic carbocycles. The molecule has 1 atom stereocenters. The Hall–Kier alpha value is -3.96. The Bertz CT molecular complexity index is 1490. The fourth-order valence-electron chi connectivity index (χ4n) is 5.55. The van der Waals surface area contributed by atoms with Crippen LogP contribution in [-0.2, 0) is 12.7 Å². The second kappa shape index (κ2) is 10.5. The van der Waals surface area contributed by atoms with Gasteiger partial charge in [0.25, 0.3) is 0 Å². The van der Waals surface area contributed by atoms with E-state index in [1.807, 2.05) is 50.2 Å². The lowest BCUT2D eigenvalue weighted by molar-refractivity contribution is -0.137. The molecule has 1 fully saturated rings. The highest BCUT2D eigenvalue weighted by atomic mass is 19.4. The van der Waals surface area contributed by atoms with Crippen LogP contribution in [0, 0.1) is 13.8 Å². The summed E-state index contributed by atoms with van der Waals surface area (Å²) in [4.78, 5) is 4.49. The molecule has 0 amide bonds. The summed E-state index contributed by atoms with van der Waals surface area (Å²) in [6.07, 6.45) is -4.46. The van der Waals surface area contributed by atoms with E-state index in [0.29, 0.717) is 24.5 Å². The highest BCUT2D eigenvalue weighted by Gasteiger charge is 2.35. The normalized spacial score (nSPS) is 16.8. The molecular formula is C29H29F3N6O2. The molecule has 1 saturated heterocycles. The molecule has 8 nitrogen and oxygen atoms in total. The minimum Gasteiger partial charge on any atom is -0.454 e. The maximum atomic E-state index is 13.7. The van der Waals surface area contributed by atoms with Gasteiger partial charge in [-0.15, -0.1) is 5.10 Å². The first kappa shape index (κ1) is 26.3. The van der Waals surface area contributed by atoms with Crippen LogP contribution in [0.4, 0.5) is 13.2 Å². The standard InChI is InChI=1S/C29H29F3N6O2/c1-19-5-3-6-20(2)26(19)38-28(33-34-35-38)27(22-7-4-8-23(16-22)29(30,31)32)37-13-11-36(12-14-37)17-21-9-10-24-25(15-21)40-18-39-24/h3-10,15-16,27H,11-14,17-18H2,1-2H3/t27-/m0/s1. The Kier molecular flexibility index (Phi) is 6.93. The van der Waals surface area contributed by atoms with Gasteiger partial charge in [0.1, 0.15) is 0 Å². The Morgan fingerprint density at radius 2 is 1.60 bits per heavy atom. The molecule has 0 unspecified atom stereocenters. The molecular weight excluding hydrogens is 521 g/mol. The second-order valence-electron chi connectivity index (χ2n) is 10.2. The number of fused-ring (bicyclic) bond motifs is 1. The zero-order valence-electron chi connectivity index (χ0n) is 22.2. The van der Waals surface area contributed by atoms with Gasteiger partial charge < -0.3 is 9.47 Å². The minimum atomic E-state index is -4.46. The summed E-state index contributed by atoms with van der Waals surface area (Å²) >= 11 is 0. The predicted molar refractivity (Wildman–Crippen MR) is 141 cm³/mol. The van der Waals surface area contributed by atoms with Gasteiger partial charge in [-0.1, -0.05) is 36.4 Å². The number of halogens is 3. The summed E-state index contributed by atoms with van der Waals surface area (Å²) < 4.78 is 53.8. The monoisotopic (exact) mass is 550 g/mol. The third kappa shape index (κ3) is 5.14. The van der Waals surface area contributed by atoms with Gasteiger partial charge in [-0.2, -0.15) is 17.9 Å². The number of aryl methyl sites for hydroxylation is 2. The first-order valence-corrected chi connectivity index (χ1v) is 13.1. The number of para-hydroxylation sites is 1. The quantitative estimate of drug-likeness (QED) is 0.337. The van der Waals surface area contributed by atoms with Gasteiger partial charge in [-0.25, -0.2) is 0 Å². The first-order chi connectivity index (χ1) is 19.3. The lowest BCUT2D eigenvalue weighted by atomic mass is 10.00. The second-order valence-corrected chi connectivity index (χ2v) is 10.2. The fourth-order valence-corrected chi connectivity index (χ4v) is 5.55. The van der Waals surface area contributed by atoms with Crippen molar-refractivity contribution in [3.05, 3.63) is 94.3 Å². The number of piperazine rings is 1. The summed E-state index contributed by atoms with van der Waals surface area (Å²) in [5.74, 6) is 1.99. The fraction of sp³-hybridized carbons (Fsp3) is 0.345. The van der Waals surface area contributed by atoms with Crippen molar-refractivity contribution < 1.29 is 22.6 Å². The van der Waals surface area contributed by atoms with Gasteiger partial charge in [0.15, 0.2) is 17.3 Å². The van der Waals surface area contributed by atoms with Gasteiger partial charge in [-0.3, -0.25) is 9.80 Å². The topological polar surface area (TPSA) is 68.5 Å². The molecule has 0 N–H and O–H groups in total. The van der Waals surface area contributed by atoms with Crippen LogP contribution < -0.4 is 9.47 Å². The van der Waals surface area contributed by atoms with Crippen LogP contribution in [0.5, 0.6) is 11.5 Å². The van der Waals surface area contributed by atoms with Crippen LogP contribution in [0.1, 0.15) is 39.7 Å². The van der Waals surface area contributed by atoms with Crippen molar-refractivity contribution in [1.82, 2.24) is 30.0 Å². The van der Waals surface area contributed by atoms with Crippen LogP contribution in [0.15, 0.2) is 60.7 Å². The number of hydrogen-bond acceptors (Lipinski definition) is 7. The predicted octanol–water partition coefficient (Wildman–Crippen LogP) is 4.93. The van der Waals surface area contributed by atoms with E-state index < -0.39 is 17.8 Å². The van der Waals surface area contributed by atoms with E-state index in [1.54, 1.807) is 10.7 Å². The SMILES string of the molecule is Cc1cccc(C)c1-n1nnnc1[C@H](c1cccc(C(F)(F)F)c1)N1CCN(Cc2ccc3c(c2)OCO3)CC1. The van der Waals surface area contributed by atoms with Crippen molar-refractivity contribution in [1.29, 1.82) is 0 Å². The van der Waals surface area contributed by atoms with Gasteiger partial charge in [-0.05, 0) is 70.8 Å². The van der Waals surface area contributed by atoms with Crippen LogP contribution in [0.25, 0.3) is 5.69 Å². The van der Waals surface area contributed by atoms with Crippen molar-refractivity contribution in [2.45, 2.75) is 32.6 Å². The summed E-state index contributed by atoms with van der Waals surface area (Å²) in [5, 5.41) is 12.6. The van der Waals surface area contributed by atoms with Gasteiger partial charge in [0.2, 0.25) is 6.79 Å². The van der Waals surface area contributed by atoms with Crippen LogP contribution in [0.2, 0.25) is 0 Å². The van der Waals surface area contributed by atoms with E-state index in [-0.39, 0.29) is 6.79 Å². The van der Waals surface area contributed by atoms with Crippen molar-refractivity contribution in [2.24, 2.45) is 0 Å². The average molecular weight is 551 g/mol. The first-order valence-electron chi connectivity index (χ1n) is 13.1. The maximum absolute atomic E-state index is 13.7. The number of rotatable bonds is 6. The highest BCUT2D eigenvalue weighted by Crippen LogP contribution is 2.36. The highest BCUT2D eigenvalue weighted by molar-refractivity contribution is 5.47. The van der Waals surface area contributed by atoms with Crippen molar-refractivity contribution >= 4 is 0 Å². The molecule has 0 spiro atoms. The third-order valence-corrected chi connectivity index (χ3v) is 7.53. The summed E-state index contributed by atoms with van der Waals surface area (Å²) in [6.45, 7) is 7.64. The summed E-state index contributed by atoms with van der Waals surface area (Å²) in [5.41, 5.74) is 3.71. The molecule has 0 aliphatic carbocycles. The molecule has 40 heavy (non-hydrogen) atoms. The molecule has 2 aliphatic rings. The van der Waals surface area contributed by atoms with E-state index in [1.165, 1.54) is 12.1 Å². The summed E-state index contributed by atoms with van der Waals surface area (Å²) in [6, 6.07) is 16.8. The van der Waals surface area contributed by atoms with E-state index in [4.69, 9.17) is 9.47 Å². The van der Waals surface area contributed by atoms with Crippen LogP contribution >= 0.6 is 0 Å². The zero-order valence-corrected chi connectivity index (χ0v) is 22.2. The molecule has 11 heteroatoms. The molecule has 0 bridgehead atoms. The lowest BCUT2D eigenvalue weighted by Gasteiger charge is -2.39. The zero-order chi connectivity index (χ0) is 27.9. The van der Waals surface area contributed by atoms with Crippen molar-refractivity contribution in [3.63, 3.8) is 0 Å². The minimum absolute atomic E-state index is 0.232. The molecule has 2 aliphatic heterocycles. The Balaban J connectivity index is 1.31. The van der Waals surface area contributed by atoms with Gasteiger partial charge >= 0.3 is 6.18 Å². The Morgan fingerprint density at radius 1 is 0.875 bits per heavy atom. The third-order valence-electron chi connectivity index (χ3n) is 7.53. The Labute approximate surface area is 229 Å². The van der Waals surface area contributed by atoms with E-state index in [0.717, 1.165) is 59.6 Å². The molecule has 0 saturated carbocycles. The van der Waals surface area contributed by atoms with Crippen molar-refractivity contribution in [3.8, 4) is 17.2 Å². The molecule has 1 aromatic heterocycles. The van der Waals surface area contributed by atoms with Crippen LogP contribution in [-0.4, -0.2) is 63.0 Å². The smallest absolute Gasteiger partial charge is 0.416 e. The molecule has 0 radical (unpaired) electrons. The lowest BCUT2D eigenvalue weighted by Crippen LogP contribution is -2.48. The van der Waals surface area contributed by atoms with Gasteiger partial charge in [0.05, 0.1) is 17.3 Å². The molecule has 3 heterocycles. The number of ether oxygens (including phenoxy) is 2.